The van der Waals surface area contributed by atoms with Crippen molar-refractivity contribution < 1.29 is 14.4 Å². The normalized spacial score (nSPS) is 17.0. The number of guanidine groups is 1. The van der Waals surface area contributed by atoms with Crippen LogP contribution >= 0.6 is 0 Å². The summed E-state index contributed by atoms with van der Waals surface area (Å²) in [4.78, 5) is 50.2. The first kappa shape index (κ1) is 38.7. The molecule has 0 spiro atoms. The summed E-state index contributed by atoms with van der Waals surface area (Å²) in [7, 11) is 0. The van der Waals surface area contributed by atoms with Crippen molar-refractivity contribution in [3.05, 3.63) is 138 Å². The van der Waals surface area contributed by atoms with Crippen molar-refractivity contribution in [3.63, 3.8) is 0 Å². The third kappa shape index (κ3) is 10.8. The lowest BCUT2D eigenvalue weighted by Gasteiger charge is -2.31. The molecule has 0 aliphatic carbocycles. The van der Waals surface area contributed by atoms with Crippen LogP contribution in [0.15, 0.2) is 116 Å². The molecule has 1 aliphatic heterocycles. The lowest BCUT2D eigenvalue weighted by Crippen LogP contribution is -2.58. The van der Waals surface area contributed by atoms with Crippen molar-refractivity contribution in [2.24, 2.45) is 5.73 Å². The highest BCUT2D eigenvalue weighted by Crippen LogP contribution is 2.28. The summed E-state index contributed by atoms with van der Waals surface area (Å²) in [6.45, 7) is 2.81. The van der Waals surface area contributed by atoms with E-state index in [-0.39, 0.29) is 42.1 Å². The first-order valence-corrected chi connectivity index (χ1v) is 19.0. The van der Waals surface area contributed by atoms with E-state index in [0.29, 0.717) is 45.3 Å². The number of hydrogen-bond acceptors (Lipinski definition) is 6. The number of imidazole rings is 1. The molecule has 55 heavy (non-hydrogen) atoms. The summed E-state index contributed by atoms with van der Waals surface area (Å²) >= 11 is 0. The lowest BCUT2D eigenvalue weighted by molar-refractivity contribution is -0.133. The zero-order valence-corrected chi connectivity index (χ0v) is 31.2. The fourth-order valence-corrected chi connectivity index (χ4v) is 7.54. The van der Waals surface area contributed by atoms with Crippen LogP contribution in [0.3, 0.4) is 0 Å². The molecule has 8 N–H and O–H groups in total. The fourth-order valence-electron chi connectivity index (χ4n) is 7.54. The van der Waals surface area contributed by atoms with Gasteiger partial charge in [0.25, 0.3) is 0 Å². The van der Waals surface area contributed by atoms with Crippen molar-refractivity contribution in [1.29, 1.82) is 5.41 Å². The molecule has 1 aromatic heterocycles. The molecule has 1 aliphatic rings. The van der Waals surface area contributed by atoms with Crippen LogP contribution in [0.25, 0.3) is 10.8 Å². The number of aromatic nitrogens is 2. The minimum atomic E-state index is -0.841. The van der Waals surface area contributed by atoms with Crippen LogP contribution in [-0.2, 0) is 27.2 Å². The van der Waals surface area contributed by atoms with Crippen LogP contribution in [0.1, 0.15) is 54.5 Å². The molecule has 2 heterocycles. The van der Waals surface area contributed by atoms with E-state index >= 15 is 0 Å². The zero-order chi connectivity index (χ0) is 38.6. The van der Waals surface area contributed by atoms with Gasteiger partial charge in [-0.3, -0.25) is 19.8 Å². The maximum Gasteiger partial charge on any atom is 0.243 e. The standard InChI is InChI=1S/C43H51N9O3/c1-29(53)49-40(25-35-26-46-28-48-35)41(54)51-39(24-30-18-19-31-11-8-9-16-34(31)23-30)37-20-22-52(42(55)38(50-37)17-10-21-47-43(44)45)27-36(32-12-4-2-5-13-32)33-14-6-3-7-15-33/h2-9,11-16,18-19,23,26,28,36-40,50H,10,17,20-22,24-25,27H2,1H3,(H,46,48)(H,49,53)(H,51,54)(H4,44,45,47)/t37-,38-,39-,40?/m0/s1. The summed E-state index contributed by atoms with van der Waals surface area (Å²) in [5, 5.41) is 22.5. The zero-order valence-electron chi connectivity index (χ0n) is 31.2. The molecule has 12 nitrogen and oxygen atoms in total. The second-order valence-electron chi connectivity index (χ2n) is 14.3. The Morgan fingerprint density at radius 1 is 0.927 bits per heavy atom. The van der Waals surface area contributed by atoms with Crippen LogP contribution in [0.4, 0.5) is 0 Å². The number of carbonyl (C=O) groups is 3. The summed E-state index contributed by atoms with van der Waals surface area (Å²) in [6, 6.07) is 32.9. The van der Waals surface area contributed by atoms with E-state index in [1.54, 1.807) is 12.5 Å². The SMILES string of the molecule is CC(=O)NC(Cc1cnc[nH]1)C(=O)N[C@@H](Cc1ccc2ccccc2c1)[C@@H]1CCN(CC(c2ccccc2)c2ccccc2)C(=O)[C@H](CCCNC(=N)N)N1. The van der Waals surface area contributed by atoms with Crippen molar-refractivity contribution in [2.45, 2.75) is 69.1 Å². The maximum atomic E-state index is 14.6. The third-order valence-corrected chi connectivity index (χ3v) is 10.3. The van der Waals surface area contributed by atoms with Gasteiger partial charge in [-0.05, 0) is 53.1 Å². The first-order chi connectivity index (χ1) is 26.7. The monoisotopic (exact) mass is 741 g/mol. The summed E-state index contributed by atoms with van der Waals surface area (Å²) in [5.41, 5.74) is 9.59. The Balaban J connectivity index is 1.32. The Morgan fingerprint density at radius 3 is 2.27 bits per heavy atom. The molecule has 0 radical (unpaired) electrons. The Bertz CT molecular complexity index is 1980. The predicted molar refractivity (Wildman–Crippen MR) is 215 cm³/mol. The van der Waals surface area contributed by atoms with Crippen molar-refractivity contribution in [3.8, 4) is 0 Å². The second kappa shape index (κ2) is 18.8. The largest absolute Gasteiger partial charge is 0.370 e. The van der Waals surface area contributed by atoms with E-state index in [1.165, 1.54) is 6.92 Å². The van der Waals surface area contributed by atoms with Gasteiger partial charge in [-0.25, -0.2) is 4.98 Å². The average Bonchev–Trinajstić information content (AvgIpc) is 3.65. The molecular formula is C43H51N9O3. The van der Waals surface area contributed by atoms with Gasteiger partial charge in [0.15, 0.2) is 5.96 Å². The number of rotatable bonds is 16. The van der Waals surface area contributed by atoms with Gasteiger partial charge in [0.1, 0.15) is 6.04 Å². The molecule has 5 aromatic rings. The van der Waals surface area contributed by atoms with Crippen LogP contribution in [-0.4, -0.2) is 82.4 Å². The molecule has 4 aromatic carbocycles. The van der Waals surface area contributed by atoms with Gasteiger partial charge in [-0.15, -0.1) is 0 Å². The highest BCUT2D eigenvalue weighted by Gasteiger charge is 2.36. The van der Waals surface area contributed by atoms with Gasteiger partial charge in [-0.1, -0.05) is 103 Å². The Kier molecular flexibility index (Phi) is 13.3. The number of H-pyrrole nitrogens is 1. The molecule has 6 rings (SSSR count). The van der Waals surface area contributed by atoms with Crippen LogP contribution in [0.2, 0.25) is 0 Å². The van der Waals surface area contributed by atoms with E-state index in [1.807, 2.05) is 53.4 Å². The quantitative estimate of drug-likeness (QED) is 0.0454. The van der Waals surface area contributed by atoms with Gasteiger partial charge in [0.05, 0.1) is 12.4 Å². The highest BCUT2D eigenvalue weighted by molar-refractivity contribution is 5.87. The molecule has 3 amide bonds. The van der Waals surface area contributed by atoms with Crippen LogP contribution in [0, 0.1) is 5.41 Å². The maximum absolute atomic E-state index is 14.6. The number of nitrogens with one attached hydrogen (secondary N) is 6. The van der Waals surface area contributed by atoms with E-state index in [4.69, 9.17) is 11.1 Å². The van der Waals surface area contributed by atoms with E-state index in [0.717, 1.165) is 33.2 Å². The number of carbonyl (C=O) groups excluding carboxylic acids is 3. The predicted octanol–water partition coefficient (Wildman–Crippen LogP) is 3.99. The molecule has 0 saturated carbocycles. The van der Waals surface area contributed by atoms with Crippen molar-refractivity contribution in [1.82, 2.24) is 36.1 Å². The first-order valence-electron chi connectivity index (χ1n) is 19.0. The number of aromatic amines is 1. The molecule has 0 bridgehead atoms. The van der Waals surface area contributed by atoms with Crippen molar-refractivity contribution >= 4 is 34.5 Å². The summed E-state index contributed by atoms with van der Waals surface area (Å²) in [5.74, 6) is -0.800. The van der Waals surface area contributed by atoms with Crippen LogP contribution in [0.5, 0.6) is 0 Å². The molecule has 1 unspecified atom stereocenters. The Labute approximate surface area is 322 Å². The molecule has 1 saturated heterocycles. The minimum absolute atomic E-state index is 0.00617. The topological polar surface area (TPSA) is 181 Å². The minimum Gasteiger partial charge on any atom is -0.370 e. The smallest absolute Gasteiger partial charge is 0.243 e. The number of benzene rings is 4. The molecule has 1 fully saturated rings. The molecular weight excluding hydrogens is 691 g/mol. The molecule has 4 atom stereocenters. The van der Waals surface area contributed by atoms with Crippen molar-refractivity contribution in [2.75, 3.05) is 19.6 Å². The number of amides is 3. The lowest BCUT2D eigenvalue weighted by atomic mass is 9.90. The molecule has 12 heteroatoms. The van der Waals surface area contributed by atoms with Crippen LogP contribution < -0.4 is 27.0 Å². The van der Waals surface area contributed by atoms with E-state index < -0.39 is 18.1 Å². The van der Waals surface area contributed by atoms with Gasteiger partial charge in [0, 0.05) is 62.9 Å². The van der Waals surface area contributed by atoms with E-state index in [2.05, 4.69) is 85.8 Å². The Morgan fingerprint density at radius 2 is 1.62 bits per heavy atom. The molecule has 286 valence electrons. The number of nitrogens with two attached hydrogens (primary N) is 1. The van der Waals surface area contributed by atoms with Gasteiger partial charge >= 0.3 is 0 Å². The van der Waals surface area contributed by atoms with Gasteiger partial charge < -0.3 is 36.9 Å². The highest BCUT2D eigenvalue weighted by atomic mass is 16.2. The third-order valence-electron chi connectivity index (χ3n) is 10.3. The van der Waals surface area contributed by atoms with Gasteiger partial charge in [0.2, 0.25) is 17.7 Å². The number of hydrogen-bond donors (Lipinski definition) is 7. The number of fused-ring (bicyclic) bond motifs is 1. The summed E-state index contributed by atoms with van der Waals surface area (Å²) < 4.78 is 0. The number of nitrogens with zero attached hydrogens (tertiary/aromatic N) is 2. The fraction of sp³-hybridized carbons (Fsp3) is 0.326. The average molecular weight is 742 g/mol. The summed E-state index contributed by atoms with van der Waals surface area (Å²) in [6.07, 6.45) is 5.60. The second-order valence-corrected chi connectivity index (χ2v) is 14.3. The Hall–Kier alpha value is -6.01. The van der Waals surface area contributed by atoms with Gasteiger partial charge in [-0.2, -0.15) is 0 Å². The van der Waals surface area contributed by atoms with E-state index in [9.17, 15) is 14.4 Å².